The number of aromatic amines is 1. The lowest BCUT2D eigenvalue weighted by atomic mass is 10.2. The van der Waals surface area contributed by atoms with Crippen LogP contribution in [0.25, 0.3) is 0 Å². The van der Waals surface area contributed by atoms with Gasteiger partial charge >= 0.3 is 11.9 Å². The maximum Gasteiger partial charge on any atom is 0.328 e. The number of carboxylic acid groups (broad SMARTS) is 2. The van der Waals surface area contributed by atoms with E-state index in [4.69, 9.17) is 10.2 Å². The molecule has 1 aromatic rings. The van der Waals surface area contributed by atoms with E-state index in [9.17, 15) is 9.59 Å². The van der Waals surface area contributed by atoms with Crippen molar-refractivity contribution in [3.05, 3.63) is 23.5 Å². The van der Waals surface area contributed by atoms with Gasteiger partial charge in [-0.1, -0.05) is 0 Å². The first-order valence-corrected chi connectivity index (χ1v) is 10.5. The standard InChI is InChI=1S/C16H23N3O4S2/c1-24-7-5-13(15(20)21)17-9-11-3-4-12(19-11)10-18-14(16(22)23)6-8-25-2/h3-4,9-10,13-14,19H,5-8H2,1-2H3,(H,20,21)(H,22,23)/t13-,14-/m0/s1. The summed E-state index contributed by atoms with van der Waals surface area (Å²) in [6, 6.07) is 1.96. The van der Waals surface area contributed by atoms with Crippen LogP contribution in [0.3, 0.4) is 0 Å². The van der Waals surface area contributed by atoms with Gasteiger partial charge in [-0.15, -0.1) is 0 Å². The summed E-state index contributed by atoms with van der Waals surface area (Å²) in [4.78, 5) is 33.5. The van der Waals surface area contributed by atoms with Crippen LogP contribution in [-0.4, -0.2) is 75.7 Å². The Morgan fingerprint density at radius 1 is 1.00 bits per heavy atom. The van der Waals surface area contributed by atoms with E-state index in [0.717, 1.165) is 11.5 Å². The maximum absolute atomic E-state index is 11.1. The number of nitrogens with one attached hydrogen (secondary N) is 1. The highest BCUT2D eigenvalue weighted by Crippen LogP contribution is 2.07. The largest absolute Gasteiger partial charge is 0.480 e. The zero-order chi connectivity index (χ0) is 18.7. The summed E-state index contributed by atoms with van der Waals surface area (Å²) in [5.74, 6) is -0.443. The van der Waals surface area contributed by atoms with Crippen molar-refractivity contribution in [3.8, 4) is 0 Å². The second-order valence-electron chi connectivity index (χ2n) is 5.20. The second kappa shape index (κ2) is 11.8. The Morgan fingerprint density at radius 2 is 1.40 bits per heavy atom. The normalized spacial score (nSPS) is 14.2. The van der Waals surface area contributed by atoms with Gasteiger partial charge in [0.05, 0.1) is 11.4 Å². The van der Waals surface area contributed by atoms with Crippen LogP contribution < -0.4 is 0 Å². The van der Waals surface area contributed by atoms with Crippen molar-refractivity contribution in [2.45, 2.75) is 24.9 Å². The Morgan fingerprint density at radius 3 is 1.72 bits per heavy atom. The Kier molecular flexibility index (Phi) is 10.0. The first-order chi connectivity index (χ1) is 12.0. The molecule has 9 heteroatoms. The van der Waals surface area contributed by atoms with Crippen LogP contribution in [0, 0.1) is 0 Å². The Bertz CT molecular complexity index is 566. The third-order valence-electron chi connectivity index (χ3n) is 3.28. The van der Waals surface area contributed by atoms with Crippen LogP contribution in [0.15, 0.2) is 22.1 Å². The number of aliphatic carboxylic acids is 2. The number of aromatic nitrogens is 1. The average Bonchev–Trinajstić information content (AvgIpc) is 3.02. The van der Waals surface area contributed by atoms with Gasteiger partial charge in [-0.3, -0.25) is 9.98 Å². The van der Waals surface area contributed by atoms with Gasteiger partial charge < -0.3 is 15.2 Å². The molecule has 0 radical (unpaired) electrons. The van der Waals surface area contributed by atoms with E-state index >= 15 is 0 Å². The van der Waals surface area contributed by atoms with Crippen molar-refractivity contribution < 1.29 is 19.8 Å². The number of carbonyl (C=O) groups is 2. The van der Waals surface area contributed by atoms with Gasteiger partial charge in [0.15, 0.2) is 0 Å². The molecule has 0 aliphatic rings. The fourth-order valence-electron chi connectivity index (χ4n) is 1.90. The molecule has 1 heterocycles. The summed E-state index contributed by atoms with van der Waals surface area (Å²) in [5, 5.41) is 18.3. The summed E-state index contributed by atoms with van der Waals surface area (Å²) in [7, 11) is 0. The minimum atomic E-state index is -0.947. The van der Waals surface area contributed by atoms with Gasteiger partial charge in [0.1, 0.15) is 12.1 Å². The van der Waals surface area contributed by atoms with E-state index in [-0.39, 0.29) is 0 Å². The third kappa shape index (κ3) is 8.26. The molecular formula is C16H23N3O4S2. The Labute approximate surface area is 155 Å². The molecule has 0 aliphatic carbocycles. The highest BCUT2D eigenvalue weighted by atomic mass is 32.2. The molecule has 0 spiro atoms. The van der Waals surface area contributed by atoms with E-state index < -0.39 is 24.0 Å². The third-order valence-corrected chi connectivity index (χ3v) is 4.57. The second-order valence-corrected chi connectivity index (χ2v) is 7.17. The van der Waals surface area contributed by atoms with Crippen LogP contribution in [-0.2, 0) is 9.59 Å². The summed E-state index contributed by atoms with van der Waals surface area (Å²) < 4.78 is 0. The Hall–Kier alpha value is -1.74. The van der Waals surface area contributed by atoms with Crippen LogP contribution >= 0.6 is 23.5 Å². The number of thioether (sulfide) groups is 2. The monoisotopic (exact) mass is 385 g/mol. The van der Waals surface area contributed by atoms with Gasteiger partial charge in [-0.2, -0.15) is 23.5 Å². The van der Waals surface area contributed by atoms with Crippen LogP contribution in [0.1, 0.15) is 24.2 Å². The fourth-order valence-corrected chi connectivity index (χ4v) is 2.82. The molecular weight excluding hydrogens is 362 g/mol. The summed E-state index contributed by atoms with van der Waals surface area (Å²) in [6.07, 6.45) is 7.75. The quantitative estimate of drug-likeness (QED) is 0.475. The predicted octanol–water partition coefficient (Wildman–Crippen LogP) is 2.27. The van der Waals surface area contributed by atoms with E-state index in [1.807, 2.05) is 12.5 Å². The lowest BCUT2D eigenvalue weighted by Gasteiger charge is -2.05. The van der Waals surface area contributed by atoms with Gasteiger partial charge in [0, 0.05) is 12.4 Å². The van der Waals surface area contributed by atoms with Crippen LogP contribution in [0.5, 0.6) is 0 Å². The summed E-state index contributed by atoms with van der Waals surface area (Å²) >= 11 is 3.16. The van der Waals surface area contributed by atoms with Crippen molar-refractivity contribution in [1.82, 2.24) is 4.98 Å². The van der Waals surface area contributed by atoms with E-state index in [0.29, 0.717) is 24.2 Å². The van der Waals surface area contributed by atoms with Gasteiger partial charge in [0.2, 0.25) is 0 Å². The number of carboxylic acids is 2. The zero-order valence-electron chi connectivity index (χ0n) is 14.2. The molecule has 0 saturated carbocycles. The van der Waals surface area contributed by atoms with Crippen molar-refractivity contribution in [2.24, 2.45) is 9.98 Å². The molecule has 1 aromatic heterocycles. The highest BCUT2D eigenvalue weighted by Gasteiger charge is 2.15. The minimum absolute atomic E-state index is 0.470. The molecule has 0 saturated heterocycles. The summed E-state index contributed by atoms with van der Waals surface area (Å²) in [5.41, 5.74) is 1.29. The predicted molar refractivity (Wildman–Crippen MR) is 105 cm³/mol. The molecule has 0 bridgehead atoms. The molecule has 0 aliphatic heterocycles. The molecule has 138 valence electrons. The van der Waals surface area contributed by atoms with E-state index in [1.54, 1.807) is 35.7 Å². The van der Waals surface area contributed by atoms with Gasteiger partial charge in [0.25, 0.3) is 0 Å². The number of H-pyrrole nitrogens is 1. The molecule has 2 atom stereocenters. The topological polar surface area (TPSA) is 115 Å². The average molecular weight is 386 g/mol. The molecule has 0 unspecified atom stereocenters. The minimum Gasteiger partial charge on any atom is -0.480 e. The Balaban J connectivity index is 2.71. The van der Waals surface area contributed by atoms with E-state index in [1.165, 1.54) is 12.4 Å². The molecule has 7 nitrogen and oxygen atoms in total. The SMILES string of the molecule is CSCC[C@H](N=Cc1ccc(C=N[C@@H](CCSC)C(=O)O)[nH]1)C(=O)O. The van der Waals surface area contributed by atoms with Gasteiger partial charge in [-0.25, -0.2) is 9.59 Å². The molecule has 3 N–H and O–H groups in total. The fraction of sp³-hybridized carbons (Fsp3) is 0.500. The lowest BCUT2D eigenvalue weighted by molar-refractivity contribution is -0.139. The molecule has 1 rings (SSSR count). The van der Waals surface area contributed by atoms with Crippen molar-refractivity contribution in [1.29, 1.82) is 0 Å². The van der Waals surface area contributed by atoms with Crippen molar-refractivity contribution in [2.75, 3.05) is 24.0 Å². The molecule has 0 fully saturated rings. The smallest absolute Gasteiger partial charge is 0.328 e. The van der Waals surface area contributed by atoms with Crippen molar-refractivity contribution >= 4 is 47.9 Å². The van der Waals surface area contributed by atoms with Crippen molar-refractivity contribution in [3.63, 3.8) is 0 Å². The number of aliphatic imine (C=N–C) groups is 2. The molecule has 0 aromatic carbocycles. The highest BCUT2D eigenvalue weighted by molar-refractivity contribution is 7.98. The van der Waals surface area contributed by atoms with Crippen LogP contribution in [0.4, 0.5) is 0 Å². The first kappa shape index (κ1) is 21.3. The number of rotatable bonds is 12. The number of hydrogen-bond donors (Lipinski definition) is 3. The number of nitrogens with zero attached hydrogens (tertiary/aromatic N) is 2. The molecule has 0 amide bonds. The summed E-state index contributed by atoms with van der Waals surface area (Å²) in [6.45, 7) is 0. The maximum atomic E-state index is 11.1. The molecule has 25 heavy (non-hydrogen) atoms. The van der Waals surface area contributed by atoms with Crippen LogP contribution in [0.2, 0.25) is 0 Å². The van der Waals surface area contributed by atoms with Gasteiger partial charge in [-0.05, 0) is 49.0 Å². The van der Waals surface area contributed by atoms with E-state index in [2.05, 4.69) is 15.0 Å². The first-order valence-electron chi connectivity index (χ1n) is 7.66. The lowest BCUT2D eigenvalue weighted by Crippen LogP contribution is -2.19. The number of hydrogen-bond acceptors (Lipinski definition) is 6. The zero-order valence-corrected chi connectivity index (χ0v) is 15.8.